The Balaban J connectivity index is 1.64. The van der Waals surface area contributed by atoms with Crippen LogP contribution in [0, 0.1) is 0 Å². The fraction of sp³-hybridized carbons (Fsp3) is 0.211. The molecule has 0 spiro atoms. The Morgan fingerprint density at radius 1 is 1.04 bits per heavy atom. The van der Waals surface area contributed by atoms with E-state index < -0.39 is 5.97 Å². The van der Waals surface area contributed by atoms with Crippen LogP contribution in [0.15, 0.2) is 48.5 Å². The summed E-state index contributed by atoms with van der Waals surface area (Å²) in [5.74, 6) is -0.137. The molecule has 25 heavy (non-hydrogen) atoms. The summed E-state index contributed by atoms with van der Waals surface area (Å²) in [6.07, 6.45) is 1.44. The highest BCUT2D eigenvalue weighted by molar-refractivity contribution is 5.95. The Kier molecular flexibility index (Phi) is 4.79. The van der Waals surface area contributed by atoms with Gasteiger partial charge in [-0.15, -0.1) is 0 Å². The number of carbonyl (C=O) groups is 3. The fourth-order valence-electron chi connectivity index (χ4n) is 2.67. The van der Waals surface area contributed by atoms with Crippen LogP contribution in [0.3, 0.4) is 0 Å². The largest absolute Gasteiger partial charge is 0.423 e. The van der Waals surface area contributed by atoms with Crippen LogP contribution in [-0.2, 0) is 9.59 Å². The third-order valence-corrected chi connectivity index (χ3v) is 3.87. The minimum atomic E-state index is -0.487. The molecule has 0 atom stereocenters. The number of ether oxygens (including phenoxy) is 1. The lowest BCUT2D eigenvalue weighted by Gasteiger charge is -2.15. The van der Waals surface area contributed by atoms with Gasteiger partial charge < -0.3 is 15.0 Å². The highest BCUT2D eigenvalue weighted by atomic mass is 16.5. The van der Waals surface area contributed by atoms with Crippen LogP contribution in [0.25, 0.3) is 0 Å². The van der Waals surface area contributed by atoms with E-state index in [1.807, 2.05) is 0 Å². The number of hydrogen-bond acceptors (Lipinski definition) is 4. The van der Waals surface area contributed by atoms with Gasteiger partial charge in [-0.1, -0.05) is 0 Å². The maximum absolute atomic E-state index is 12.2. The zero-order valence-electron chi connectivity index (χ0n) is 13.8. The molecular weight excluding hydrogens is 320 g/mol. The molecule has 1 N–H and O–H groups in total. The lowest BCUT2D eigenvalue weighted by atomic mass is 10.2. The molecule has 6 nitrogen and oxygen atoms in total. The number of benzene rings is 2. The summed E-state index contributed by atoms with van der Waals surface area (Å²) in [6.45, 7) is 2.14. The van der Waals surface area contributed by atoms with Gasteiger partial charge in [0.1, 0.15) is 5.75 Å². The molecule has 2 aromatic carbocycles. The molecule has 128 valence electrons. The first kappa shape index (κ1) is 16.7. The third-order valence-electron chi connectivity index (χ3n) is 3.87. The fourth-order valence-corrected chi connectivity index (χ4v) is 2.67. The van der Waals surface area contributed by atoms with Crippen molar-refractivity contribution in [1.82, 2.24) is 0 Å². The Bertz CT molecular complexity index is 797. The van der Waals surface area contributed by atoms with E-state index >= 15 is 0 Å². The molecule has 0 aromatic heterocycles. The van der Waals surface area contributed by atoms with Gasteiger partial charge in [-0.25, -0.2) is 4.79 Å². The van der Waals surface area contributed by atoms with Crippen LogP contribution in [0.5, 0.6) is 5.75 Å². The summed E-state index contributed by atoms with van der Waals surface area (Å²) in [6, 6.07) is 13.3. The second kappa shape index (κ2) is 7.17. The normalized spacial score (nSPS) is 13.6. The number of esters is 1. The predicted molar refractivity (Wildman–Crippen MR) is 93.7 cm³/mol. The summed E-state index contributed by atoms with van der Waals surface area (Å²) in [7, 11) is 0. The summed E-state index contributed by atoms with van der Waals surface area (Å²) >= 11 is 0. The van der Waals surface area contributed by atoms with Crippen LogP contribution < -0.4 is 15.0 Å². The average Bonchev–Trinajstić information content (AvgIpc) is 3.02. The van der Waals surface area contributed by atoms with Crippen molar-refractivity contribution in [3.63, 3.8) is 0 Å². The number of nitrogens with one attached hydrogen (secondary N) is 1. The molecule has 0 bridgehead atoms. The molecule has 1 aliphatic rings. The first-order chi connectivity index (χ1) is 12.0. The van der Waals surface area contributed by atoms with Gasteiger partial charge in [0.25, 0.3) is 0 Å². The number of hydrogen-bond donors (Lipinski definition) is 1. The minimum Gasteiger partial charge on any atom is -0.423 e. The second-order valence-corrected chi connectivity index (χ2v) is 5.79. The molecule has 0 aliphatic carbocycles. The second-order valence-electron chi connectivity index (χ2n) is 5.79. The van der Waals surface area contributed by atoms with Gasteiger partial charge in [0.2, 0.25) is 11.8 Å². The van der Waals surface area contributed by atoms with Crippen molar-refractivity contribution in [2.75, 3.05) is 16.8 Å². The van der Waals surface area contributed by atoms with Crippen molar-refractivity contribution in [3.8, 4) is 5.75 Å². The Morgan fingerprint density at radius 3 is 2.28 bits per heavy atom. The number of anilines is 2. The quantitative estimate of drug-likeness (QED) is 0.687. The molecule has 0 unspecified atom stereocenters. The van der Waals surface area contributed by atoms with Crippen molar-refractivity contribution >= 4 is 29.2 Å². The summed E-state index contributed by atoms with van der Waals surface area (Å²) < 4.78 is 5.34. The monoisotopic (exact) mass is 338 g/mol. The lowest BCUT2D eigenvalue weighted by Crippen LogP contribution is -2.23. The van der Waals surface area contributed by atoms with E-state index in [9.17, 15) is 14.4 Å². The van der Waals surface area contributed by atoms with Crippen LogP contribution in [0.1, 0.15) is 30.1 Å². The summed E-state index contributed by atoms with van der Waals surface area (Å²) in [4.78, 5) is 36.6. The van der Waals surface area contributed by atoms with E-state index in [1.54, 1.807) is 53.4 Å². The van der Waals surface area contributed by atoms with Crippen LogP contribution in [0.2, 0.25) is 0 Å². The molecule has 1 fully saturated rings. The maximum atomic E-state index is 12.2. The molecule has 0 radical (unpaired) electrons. The molecule has 0 saturated carbocycles. The molecule has 2 aromatic rings. The molecular formula is C19H18N2O4. The Morgan fingerprint density at radius 2 is 1.72 bits per heavy atom. The number of carbonyl (C=O) groups excluding carboxylic acids is 3. The van der Waals surface area contributed by atoms with Gasteiger partial charge in [0.15, 0.2) is 0 Å². The molecule has 2 amide bonds. The molecule has 1 saturated heterocycles. The highest BCUT2D eigenvalue weighted by Gasteiger charge is 2.21. The SMILES string of the molecule is CC(=O)Nc1ccc(C(=O)Oc2ccc(N3CCCC3=O)cc2)cc1. The Hall–Kier alpha value is -3.15. The van der Waals surface area contributed by atoms with Crippen molar-refractivity contribution in [1.29, 1.82) is 0 Å². The smallest absolute Gasteiger partial charge is 0.343 e. The van der Waals surface area contributed by atoms with Crippen LogP contribution >= 0.6 is 0 Å². The first-order valence-electron chi connectivity index (χ1n) is 8.03. The average molecular weight is 338 g/mol. The zero-order valence-corrected chi connectivity index (χ0v) is 13.8. The number of nitrogens with zero attached hydrogens (tertiary/aromatic N) is 1. The molecule has 3 rings (SSSR count). The zero-order chi connectivity index (χ0) is 17.8. The van der Waals surface area contributed by atoms with E-state index in [0.717, 1.165) is 18.7 Å². The minimum absolute atomic E-state index is 0.115. The van der Waals surface area contributed by atoms with Gasteiger partial charge in [0, 0.05) is 31.3 Å². The van der Waals surface area contributed by atoms with Crippen LogP contribution in [0.4, 0.5) is 11.4 Å². The molecule has 1 heterocycles. The van der Waals surface area contributed by atoms with E-state index in [2.05, 4.69) is 5.32 Å². The van der Waals surface area contributed by atoms with Gasteiger partial charge in [0.05, 0.1) is 5.56 Å². The van der Waals surface area contributed by atoms with Gasteiger partial charge in [-0.2, -0.15) is 0 Å². The van der Waals surface area contributed by atoms with Gasteiger partial charge in [-0.05, 0) is 55.0 Å². The van der Waals surface area contributed by atoms with Gasteiger partial charge >= 0.3 is 5.97 Å². The lowest BCUT2D eigenvalue weighted by molar-refractivity contribution is -0.117. The van der Waals surface area contributed by atoms with E-state index in [0.29, 0.717) is 23.4 Å². The van der Waals surface area contributed by atoms with Crippen molar-refractivity contribution in [3.05, 3.63) is 54.1 Å². The van der Waals surface area contributed by atoms with Crippen molar-refractivity contribution in [2.45, 2.75) is 19.8 Å². The van der Waals surface area contributed by atoms with E-state index in [4.69, 9.17) is 4.74 Å². The third kappa shape index (κ3) is 4.03. The van der Waals surface area contributed by atoms with E-state index in [-0.39, 0.29) is 11.8 Å². The topological polar surface area (TPSA) is 75.7 Å². The highest BCUT2D eigenvalue weighted by Crippen LogP contribution is 2.24. The Labute approximate surface area is 145 Å². The van der Waals surface area contributed by atoms with Crippen molar-refractivity contribution in [2.24, 2.45) is 0 Å². The first-order valence-corrected chi connectivity index (χ1v) is 8.03. The number of rotatable bonds is 4. The molecule has 6 heteroatoms. The van der Waals surface area contributed by atoms with E-state index in [1.165, 1.54) is 6.92 Å². The number of amides is 2. The standard InChI is InChI=1S/C19H18N2O4/c1-13(22)20-15-6-4-14(5-7-15)19(24)25-17-10-8-16(9-11-17)21-12-2-3-18(21)23/h4-11H,2-3,12H2,1H3,(H,20,22). The maximum Gasteiger partial charge on any atom is 0.343 e. The molecule has 1 aliphatic heterocycles. The summed E-state index contributed by atoms with van der Waals surface area (Å²) in [5, 5.41) is 2.63. The van der Waals surface area contributed by atoms with Gasteiger partial charge in [-0.3, -0.25) is 9.59 Å². The van der Waals surface area contributed by atoms with Crippen molar-refractivity contribution < 1.29 is 19.1 Å². The predicted octanol–water partition coefficient (Wildman–Crippen LogP) is 2.99. The summed E-state index contributed by atoms with van der Waals surface area (Å²) in [5.41, 5.74) is 1.80. The van der Waals surface area contributed by atoms with Crippen LogP contribution in [-0.4, -0.2) is 24.3 Å².